The molecule has 1 aromatic carbocycles. The summed E-state index contributed by atoms with van der Waals surface area (Å²) in [6, 6.07) is 4.00. The molecule has 0 radical (unpaired) electrons. The quantitative estimate of drug-likeness (QED) is 0.773. The van der Waals surface area contributed by atoms with Crippen LogP contribution in [-0.4, -0.2) is 24.8 Å². The number of hydrogen-bond acceptors (Lipinski definition) is 3. The molecule has 94 valence electrons. The van der Waals surface area contributed by atoms with Gasteiger partial charge in [0.05, 0.1) is 26.7 Å². The number of carbonyl (C=O) groups is 1. The smallest absolute Gasteiger partial charge is 0.305 e. The number of rotatable bonds is 6. The summed E-state index contributed by atoms with van der Waals surface area (Å²) in [5, 5.41) is 8.50. The molecule has 0 amide bonds. The van der Waals surface area contributed by atoms with E-state index in [9.17, 15) is 4.79 Å². The topological polar surface area (TPSA) is 55.8 Å². The summed E-state index contributed by atoms with van der Waals surface area (Å²) in [5.41, 5.74) is 3.20. The second kappa shape index (κ2) is 6.25. The first-order valence-electron chi connectivity index (χ1n) is 5.48. The first kappa shape index (κ1) is 13.5. The van der Waals surface area contributed by atoms with Crippen LogP contribution in [-0.2, 0) is 16.1 Å². The highest BCUT2D eigenvalue weighted by Gasteiger charge is 2.08. The standard InChI is InChI=1S/C13H18O4/c1-9-6-10(2)11(12(7-9)16-3)8-17-5-4-13(14)15/h6-7H,4-5,8H2,1-3H3,(H,14,15). The Bertz CT molecular complexity index is 399. The highest BCUT2D eigenvalue weighted by molar-refractivity contribution is 5.66. The van der Waals surface area contributed by atoms with Crippen LogP contribution in [0.4, 0.5) is 0 Å². The summed E-state index contributed by atoms with van der Waals surface area (Å²) in [5.74, 6) is -0.0598. The lowest BCUT2D eigenvalue weighted by Gasteiger charge is -2.13. The van der Waals surface area contributed by atoms with Crippen molar-refractivity contribution in [3.63, 3.8) is 0 Å². The molecule has 1 rings (SSSR count). The molecule has 1 N–H and O–H groups in total. The number of carboxylic acids is 1. The lowest BCUT2D eigenvalue weighted by atomic mass is 10.1. The van der Waals surface area contributed by atoms with E-state index in [1.54, 1.807) is 7.11 Å². The minimum atomic E-state index is -0.849. The van der Waals surface area contributed by atoms with Gasteiger partial charge in [-0.15, -0.1) is 0 Å². The molecule has 4 nitrogen and oxygen atoms in total. The molecule has 0 saturated heterocycles. The van der Waals surface area contributed by atoms with Gasteiger partial charge >= 0.3 is 5.97 Å². The minimum Gasteiger partial charge on any atom is -0.496 e. The first-order valence-corrected chi connectivity index (χ1v) is 5.48. The number of carboxylic acid groups (broad SMARTS) is 1. The van der Waals surface area contributed by atoms with Gasteiger partial charge in [-0.2, -0.15) is 0 Å². The van der Waals surface area contributed by atoms with E-state index in [-0.39, 0.29) is 13.0 Å². The van der Waals surface area contributed by atoms with Crippen LogP contribution in [0.15, 0.2) is 12.1 Å². The summed E-state index contributed by atoms with van der Waals surface area (Å²) in [6.45, 7) is 4.59. The molecule has 4 heteroatoms. The Morgan fingerprint density at radius 3 is 2.65 bits per heavy atom. The van der Waals surface area contributed by atoms with Gasteiger partial charge in [0.25, 0.3) is 0 Å². The van der Waals surface area contributed by atoms with Crippen molar-refractivity contribution in [3.8, 4) is 5.75 Å². The summed E-state index contributed by atoms with van der Waals surface area (Å²) >= 11 is 0. The van der Waals surface area contributed by atoms with Crippen LogP contribution in [0.3, 0.4) is 0 Å². The fraction of sp³-hybridized carbons (Fsp3) is 0.462. The zero-order chi connectivity index (χ0) is 12.8. The highest BCUT2D eigenvalue weighted by Crippen LogP contribution is 2.24. The molecule has 1 aromatic rings. The van der Waals surface area contributed by atoms with Crippen molar-refractivity contribution in [2.75, 3.05) is 13.7 Å². The molecule has 17 heavy (non-hydrogen) atoms. The van der Waals surface area contributed by atoms with Crippen LogP contribution in [0.2, 0.25) is 0 Å². The zero-order valence-corrected chi connectivity index (χ0v) is 10.4. The normalized spacial score (nSPS) is 10.3. The molecule has 0 spiro atoms. The molecular formula is C13H18O4. The Labute approximate surface area is 101 Å². The fourth-order valence-electron chi connectivity index (χ4n) is 1.66. The van der Waals surface area contributed by atoms with Crippen LogP contribution in [0.5, 0.6) is 5.75 Å². The third-order valence-electron chi connectivity index (χ3n) is 2.50. The first-order chi connectivity index (χ1) is 8.04. The average Bonchev–Trinajstić information content (AvgIpc) is 2.25. The van der Waals surface area contributed by atoms with Gasteiger partial charge in [0.15, 0.2) is 0 Å². The van der Waals surface area contributed by atoms with Crippen LogP contribution in [0, 0.1) is 13.8 Å². The average molecular weight is 238 g/mol. The number of aliphatic carboxylic acids is 1. The van der Waals surface area contributed by atoms with Crippen molar-refractivity contribution in [2.45, 2.75) is 26.9 Å². The number of benzene rings is 1. The number of ether oxygens (including phenoxy) is 2. The van der Waals surface area contributed by atoms with Crippen molar-refractivity contribution in [2.24, 2.45) is 0 Å². The molecule has 0 aliphatic rings. The second-order valence-corrected chi connectivity index (χ2v) is 3.96. The van der Waals surface area contributed by atoms with Gasteiger partial charge in [0, 0.05) is 5.56 Å². The molecule has 0 atom stereocenters. The van der Waals surface area contributed by atoms with E-state index in [0.29, 0.717) is 6.61 Å². The van der Waals surface area contributed by atoms with E-state index >= 15 is 0 Å². The Hall–Kier alpha value is -1.55. The minimum absolute atomic E-state index is 0.0211. The molecule has 0 aliphatic carbocycles. The molecule has 0 saturated carbocycles. The van der Waals surface area contributed by atoms with Crippen molar-refractivity contribution in [1.82, 2.24) is 0 Å². The van der Waals surface area contributed by atoms with Crippen molar-refractivity contribution >= 4 is 5.97 Å². The van der Waals surface area contributed by atoms with E-state index in [2.05, 4.69) is 6.07 Å². The molecule has 0 aromatic heterocycles. The maximum absolute atomic E-state index is 10.3. The Balaban J connectivity index is 2.66. The molecule has 0 bridgehead atoms. The number of hydrogen-bond donors (Lipinski definition) is 1. The maximum Gasteiger partial charge on any atom is 0.305 e. The van der Waals surface area contributed by atoms with Crippen LogP contribution in [0.25, 0.3) is 0 Å². The number of methoxy groups -OCH3 is 1. The van der Waals surface area contributed by atoms with E-state index in [0.717, 1.165) is 22.4 Å². The van der Waals surface area contributed by atoms with E-state index in [1.807, 2.05) is 19.9 Å². The third-order valence-corrected chi connectivity index (χ3v) is 2.50. The molecule has 0 unspecified atom stereocenters. The van der Waals surface area contributed by atoms with Gasteiger partial charge < -0.3 is 14.6 Å². The lowest BCUT2D eigenvalue weighted by molar-refractivity contribution is -0.138. The zero-order valence-electron chi connectivity index (χ0n) is 10.4. The van der Waals surface area contributed by atoms with Gasteiger partial charge in [-0.05, 0) is 31.0 Å². The van der Waals surface area contributed by atoms with E-state index in [1.165, 1.54) is 0 Å². The van der Waals surface area contributed by atoms with Gasteiger partial charge in [-0.25, -0.2) is 0 Å². The van der Waals surface area contributed by atoms with Gasteiger partial charge in [-0.1, -0.05) is 6.07 Å². The maximum atomic E-state index is 10.3. The Kier molecular flexibility index (Phi) is 4.97. The monoisotopic (exact) mass is 238 g/mol. The Morgan fingerprint density at radius 1 is 1.35 bits per heavy atom. The highest BCUT2D eigenvalue weighted by atomic mass is 16.5. The summed E-state index contributed by atoms with van der Waals surface area (Å²) in [7, 11) is 1.62. The third kappa shape index (κ3) is 4.07. The van der Waals surface area contributed by atoms with Crippen LogP contribution >= 0.6 is 0 Å². The van der Waals surface area contributed by atoms with Crippen molar-refractivity contribution in [1.29, 1.82) is 0 Å². The summed E-state index contributed by atoms with van der Waals surface area (Å²) in [4.78, 5) is 10.3. The Morgan fingerprint density at radius 2 is 2.06 bits per heavy atom. The SMILES string of the molecule is COc1cc(C)cc(C)c1COCCC(=O)O. The van der Waals surface area contributed by atoms with E-state index < -0.39 is 5.97 Å². The second-order valence-electron chi connectivity index (χ2n) is 3.96. The molecule has 0 fully saturated rings. The largest absolute Gasteiger partial charge is 0.496 e. The van der Waals surface area contributed by atoms with E-state index in [4.69, 9.17) is 14.6 Å². The van der Waals surface area contributed by atoms with Crippen molar-refractivity contribution in [3.05, 3.63) is 28.8 Å². The van der Waals surface area contributed by atoms with Crippen molar-refractivity contribution < 1.29 is 19.4 Å². The molecule has 0 aliphatic heterocycles. The summed E-state index contributed by atoms with van der Waals surface area (Å²) < 4.78 is 10.6. The molecular weight excluding hydrogens is 220 g/mol. The predicted molar refractivity (Wildman–Crippen MR) is 64.4 cm³/mol. The van der Waals surface area contributed by atoms with Gasteiger partial charge in [0.2, 0.25) is 0 Å². The van der Waals surface area contributed by atoms with Gasteiger partial charge in [-0.3, -0.25) is 4.79 Å². The van der Waals surface area contributed by atoms with Crippen LogP contribution < -0.4 is 4.74 Å². The lowest BCUT2D eigenvalue weighted by Crippen LogP contribution is -2.05. The summed E-state index contributed by atoms with van der Waals surface area (Å²) in [6.07, 6.45) is 0.0211. The molecule has 0 heterocycles. The van der Waals surface area contributed by atoms with Crippen LogP contribution in [0.1, 0.15) is 23.1 Å². The predicted octanol–water partition coefficient (Wildman–Crippen LogP) is 2.30. The fourth-order valence-corrected chi connectivity index (χ4v) is 1.66. The number of aryl methyl sites for hydroxylation is 2. The van der Waals surface area contributed by atoms with Gasteiger partial charge in [0.1, 0.15) is 5.75 Å².